The van der Waals surface area contributed by atoms with Crippen LogP contribution in [0.3, 0.4) is 0 Å². The molecule has 1 heteroatoms. The fourth-order valence-corrected chi connectivity index (χ4v) is 2.63. The normalized spacial score (nSPS) is 10.2. The molecule has 80 valence electrons. The number of unbranched alkanes of at least 4 members (excludes halogenated alkanes) is 3. The molecule has 0 saturated carbocycles. The first-order chi connectivity index (χ1) is 7.34. The summed E-state index contributed by atoms with van der Waals surface area (Å²) in [6.45, 7) is 6.41. The monoisotopic (exact) mass is 216 g/mol. The van der Waals surface area contributed by atoms with Gasteiger partial charge in [0.05, 0.1) is 9.52 Å². The van der Waals surface area contributed by atoms with Gasteiger partial charge in [0.25, 0.3) is 0 Å². The van der Waals surface area contributed by atoms with Gasteiger partial charge in [0.2, 0.25) is 0 Å². The zero-order valence-electron chi connectivity index (χ0n) is 9.63. The van der Waals surface area contributed by atoms with Crippen LogP contribution in [0.25, 0.3) is 5.20 Å². The van der Waals surface area contributed by atoms with E-state index in [9.17, 15) is 0 Å². The summed E-state index contributed by atoms with van der Waals surface area (Å²) in [6.07, 6.45) is 5.44. The van der Waals surface area contributed by atoms with E-state index in [0.29, 0.717) is 0 Å². The Balaban J connectivity index is 2.20. The summed E-state index contributed by atoms with van der Waals surface area (Å²) in [4.78, 5) is 0. The number of rotatable bonds is 7. The highest BCUT2D eigenvalue weighted by molar-refractivity contribution is 6.60. The molecule has 15 heavy (non-hydrogen) atoms. The van der Waals surface area contributed by atoms with Crippen molar-refractivity contribution in [1.29, 1.82) is 0 Å². The van der Waals surface area contributed by atoms with Crippen molar-refractivity contribution in [3.63, 3.8) is 0 Å². The van der Waals surface area contributed by atoms with Gasteiger partial charge in [0.15, 0.2) is 0 Å². The Labute approximate surface area is 96.2 Å². The van der Waals surface area contributed by atoms with Crippen LogP contribution in [0.5, 0.6) is 0 Å². The van der Waals surface area contributed by atoms with Crippen molar-refractivity contribution in [1.82, 2.24) is 0 Å². The highest BCUT2D eigenvalue weighted by Gasteiger charge is 1.98. The molecule has 0 aliphatic rings. The van der Waals surface area contributed by atoms with Crippen LogP contribution in [0.2, 0.25) is 6.04 Å². The Kier molecular flexibility index (Phi) is 6.10. The van der Waals surface area contributed by atoms with Crippen molar-refractivity contribution in [2.24, 2.45) is 0 Å². The predicted molar refractivity (Wildman–Crippen MR) is 70.2 cm³/mol. The lowest BCUT2D eigenvalue weighted by atomic mass is 10.2. The number of benzene rings is 1. The molecule has 0 saturated heterocycles. The van der Waals surface area contributed by atoms with Gasteiger partial charge in [-0.15, -0.1) is 0 Å². The summed E-state index contributed by atoms with van der Waals surface area (Å²) in [5.74, 6) is 0. The molecule has 0 fully saturated rings. The maximum Gasteiger partial charge on any atom is 0.0808 e. The fourth-order valence-electron chi connectivity index (χ4n) is 1.53. The average Bonchev–Trinajstić information content (AvgIpc) is 2.30. The molecular weight excluding hydrogens is 196 g/mol. The largest absolute Gasteiger partial charge is 0.0997 e. The second-order valence-corrected chi connectivity index (χ2v) is 5.29. The Morgan fingerprint density at radius 3 is 2.53 bits per heavy atom. The van der Waals surface area contributed by atoms with E-state index in [1.54, 1.807) is 0 Å². The molecule has 0 unspecified atom stereocenters. The van der Waals surface area contributed by atoms with Crippen LogP contribution in [0.1, 0.15) is 38.2 Å². The fraction of sp³-hybridized carbons (Fsp3) is 0.429. The molecule has 0 N–H and O–H groups in total. The third-order valence-electron chi connectivity index (χ3n) is 2.49. The van der Waals surface area contributed by atoms with Crippen molar-refractivity contribution in [3.05, 3.63) is 42.5 Å². The van der Waals surface area contributed by atoms with Crippen LogP contribution in [0.15, 0.2) is 36.9 Å². The van der Waals surface area contributed by atoms with Crippen LogP contribution in [-0.2, 0) is 0 Å². The molecule has 0 nitrogen and oxygen atoms in total. The highest BCUT2D eigenvalue weighted by atomic mass is 28.2. The molecule has 0 bridgehead atoms. The minimum absolute atomic E-state index is 0.900. The van der Waals surface area contributed by atoms with Crippen LogP contribution in [-0.4, -0.2) is 9.52 Å². The summed E-state index contributed by atoms with van der Waals surface area (Å²) >= 11 is 0. The summed E-state index contributed by atoms with van der Waals surface area (Å²) in [5, 5.41) is 1.31. The third kappa shape index (κ3) is 4.98. The van der Waals surface area contributed by atoms with Crippen molar-refractivity contribution in [2.45, 2.75) is 38.7 Å². The molecule has 0 aromatic heterocycles. The van der Waals surface area contributed by atoms with Crippen LogP contribution < -0.4 is 0 Å². The topological polar surface area (TPSA) is 0 Å². The van der Waals surface area contributed by atoms with Crippen molar-refractivity contribution >= 4 is 14.7 Å². The standard InChI is InChI=1S/C14H20Si/c1-3-4-5-9-12-15-13(2)14-10-7-6-8-11-14/h6-8,10-11H,2-5,9,12H2,1H3. The van der Waals surface area contributed by atoms with E-state index < -0.39 is 0 Å². The number of hydrogen-bond acceptors (Lipinski definition) is 0. The van der Waals surface area contributed by atoms with Gasteiger partial charge in [0, 0.05) is 0 Å². The molecule has 0 heterocycles. The van der Waals surface area contributed by atoms with Gasteiger partial charge in [-0.3, -0.25) is 0 Å². The highest BCUT2D eigenvalue weighted by Crippen LogP contribution is 2.13. The minimum Gasteiger partial charge on any atom is -0.0997 e. The van der Waals surface area contributed by atoms with E-state index in [2.05, 4.69) is 43.8 Å². The molecular formula is C14H20Si. The Bertz CT molecular complexity index is 277. The molecule has 0 aliphatic carbocycles. The van der Waals surface area contributed by atoms with Gasteiger partial charge in [-0.05, 0) is 5.56 Å². The van der Waals surface area contributed by atoms with E-state index >= 15 is 0 Å². The van der Waals surface area contributed by atoms with Gasteiger partial charge < -0.3 is 0 Å². The molecule has 0 atom stereocenters. The van der Waals surface area contributed by atoms with Gasteiger partial charge in [-0.25, -0.2) is 0 Å². The zero-order chi connectivity index (χ0) is 10.9. The minimum atomic E-state index is 0.900. The Hall–Kier alpha value is -0.823. The Morgan fingerprint density at radius 2 is 1.87 bits per heavy atom. The van der Waals surface area contributed by atoms with E-state index in [-0.39, 0.29) is 0 Å². The van der Waals surface area contributed by atoms with Crippen molar-refractivity contribution in [2.75, 3.05) is 0 Å². The summed E-state index contributed by atoms with van der Waals surface area (Å²) < 4.78 is 0. The second kappa shape index (κ2) is 7.47. The van der Waals surface area contributed by atoms with Crippen molar-refractivity contribution < 1.29 is 0 Å². The maximum atomic E-state index is 4.16. The third-order valence-corrected chi connectivity index (χ3v) is 3.81. The maximum absolute atomic E-state index is 4.16. The van der Waals surface area contributed by atoms with E-state index in [0.717, 1.165) is 9.52 Å². The number of hydrogen-bond donors (Lipinski definition) is 0. The smallest absolute Gasteiger partial charge is 0.0808 e. The zero-order valence-corrected chi connectivity index (χ0v) is 10.6. The SMILES string of the molecule is C=C([Si]CCCCCC)c1ccccc1. The summed E-state index contributed by atoms with van der Waals surface area (Å²) in [5.41, 5.74) is 1.31. The van der Waals surface area contributed by atoms with Gasteiger partial charge in [-0.2, -0.15) is 0 Å². The van der Waals surface area contributed by atoms with Gasteiger partial charge in [-0.1, -0.05) is 80.8 Å². The van der Waals surface area contributed by atoms with Crippen LogP contribution in [0, 0.1) is 0 Å². The molecule has 2 radical (unpaired) electrons. The first-order valence-electron chi connectivity index (χ1n) is 5.82. The lowest BCUT2D eigenvalue weighted by Crippen LogP contribution is -1.94. The molecule has 1 rings (SSSR count). The first kappa shape index (κ1) is 12.2. The summed E-state index contributed by atoms with van der Waals surface area (Å²) in [6, 6.07) is 11.8. The lowest BCUT2D eigenvalue weighted by molar-refractivity contribution is 0.701. The van der Waals surface area contributed by atoms with E-state index in [1.165, 1.54) is 42.5 Å². The molecule has 1 aromatic rings. The van der Waals surface area contributed by atoms with Crippen LogP contribution in [0.4, 0.5) is 0 Å². The second-order valence-electron chi connectivity index (χ2n) is 3.83. The van der Waals surface area contributed by atoms with E-state index in [1.807, 2.05) is 0 Å². The van der Waals surface area contributed by atoms with E-state index in [4.69, 9.17) is 0 Å². The quantitative estimate of drug-likeness (QED) is 0.469. The Morgan fingerprint density at radius 1 is 1.13 bits per heavy atom. The van der Waals surface area contributed by atoms with Gasteiger partial charge >= 0.3 is 0 Å². The molecule has 1 aromatic carbocycles. The lowest BCUT2D eigenvalue weighted by Gasteiger charge is -2.04. The molecule has 0 aliphatic heterocycles. The van der Waals surface area contributed by atoms with Gasteiger partial charge in [0.1, 0.15) is 0 Å². The molecule has 0 spiro atoms. The first-order valence-corrected chi connectivity index (χ1v) is 7.03. The predicted octanol–water partition coefficient (Wildman–Crippen LogP) is 4.36. The summed E-state index contributed by atoms with van der Waals surface area (Å²) in [7, 11) is 0.900. The average molecular weight is 216 g/mol. The van der Waals surface area contributed by atoms with Crippen LogP contribution >= 0.6 is 0 Å². The molecule has 0 amide bonds. The van der Waals surface area contributed by atoms with Crippen molar-refractivity contribution in [3.8, 4) is 0 Å².